The number of halogens is 2. The molecule has 0 aliphatic rings. The summed E-state index contributed by atoms with van der Waals surface area (Å²) in [7, 11) is 3.50. The first kappa shape index (κ1) is 22.0. The van der Waals surface area contributed by atoms with E-state index in [0.29, 0.717) is 13.0 Å². The summed E-state index contributed by atoms with van der Waals surface area (Å²) in [6.07, 6.45) is 1.28. The number of carbonyl (C=O) groups is 1. The van der Waals surface area contributed by atoms with Crippen LogP contribution in [0.2, 0.25) is 5.02 Å². The fourth-order valence-corrected chi connectivity index (χ4v) is 2.06. The second-order valence-electron chi connectivity index (χ2n) is 5.11. The molecule has 2 N–H and O–H groups in total. The van der Waals surface area contributed by atoms with E-state index in [0.717, 1.165) is 30.5 Å². The molecule has 0 fully saturated rings. The van der Waals surface area contributed by atoms with E-state index in [1.807, 2.05) is 31.2 Å². The van der Waals surface area contributed by atoms with Crippen molar-refractivity contribution in [2.75, 3.05) is 33.7 Å². The number of amides is 1. The maximum absolute atomic E-state index is 11.5. The molecule has 0 unspecified atom stereocenters. The third-order valence-electron chi connectivity index (χ3n) is 3.03. The summed E-state index contributed by atoms with van der Waals surface area (Å²) < 4.78 is 0. The van der Waals surface area contributed by atoms with Crippen LogP contribution in [0.15, 0.2) is 29.3 Å². The predicted octanol–water partition coefficient (Wildman–Crippen LogP) is 2.53. The highest BCUT2D eigenvalue weighted by molar-refractivity contribution is 14.0. The quantitative estimate of drug-likeness (QED) is 0.380. The largest absolute Gasteiger partial charge is 0.357 e. The first-order chi connectivity index (χ1) is 10.5. The fraction of sp³-hybridized carbons (Fsp3) is 0.500. The molecule has 0 saturated heterocycles. The van der Waals surface area contributed by atoms with Crippen molar-refractivity contribution in [1.82, 2.24) is 15.5 Å². The summed E-state index contributed by atoms with van der Waals surface area (Å²) in [6.45, 7) is 4.03. The van der Waals surface area contributed by atoms with Gasteiger partial charge in [-0.05, 0) is 31.0 Å². The summed E-state index contributed by atoms with van der Waals surface area (Å²) in [4.78, 5) is 17.5. The average Bonchev–Trinajstić information content (AvgIpc) is 2.47. The Morgan fingerprint density at radius 3 is 2.65 bits per heavy atom. The molecule has 1 aromatic carbocycles. The van der Waals surface area contributed by atoms with E-state index in [2.05, 4.69) is 15.6 Å². The lowest BCUT2D eigenvalue weighted by Crippen LogP contribution is -2.38. The topological polar surface area (TPSA) is 56.7 Å². The Kier molecular flexibility index (Phi) is 11.9. The predicted molar refractivity (Wildman–Crippen MR) is 108 cm³/mol. The van der Waals surface area contributed by atoms with Crippen LogP contribution in [-0.2, 0) is 11.2 Å². The molecule has 0 atom stereocenters. The molecule has 130 valence electrons. The van der Waals surface area contributed by atoms with Crippen molar-refractivity contribution in [3.63, 3.8) is 0 Å². The molecule has 1 aromatic rings. The van der Waals surface area contributed by atoms with Crippen molar-refractivity contribution in [2.24, 2.45) is 4.99 Å². The smallest absolute Gasteiger partial charge is 0.223 e. The van der Waals surface area contributed by atoms with E-state index in [9.17, 15) is 4.79 Å². The van der Waals surface area contributed by atoms with Crippen LogP contribution in [0.5, 0.6) is 0 Å². The minimum absolute atomic E-state index is 0. The van der Waals surface area contributed by atoms with Crippen molar-refractivity contribution < 1.29 is 4.79 Å². The van der Waals surface area contributed by atoms with E-state index >= 15 is 0 Å². The lowest BCUT2D eigenvalue weighted by atomic mass is 10.1. The zero-order valence-corrected chi connectivity index (χ0v) is 17.0. The van der Waals surface area contributed by atoms with Gasteiger partial charge in [-0.25, -0.2) is 0 Å². The first-order valence-electron chi connectivity index (χ1n) is 7.49. The van der Waals surface area contributed by atoms with Crippen LogP contribution in [-0.4, -0.2) is 50.5 Å². The van der Waals surface area contributed by atoms with Crippen LogP contribution < -0.4 is 10.6 Å². The van der Waals surface area contributed by atoms with Crippen molar-refractivity contribution in [3.05, 3.63) is 34.9 Å². The summed E-state index contributed by atoms with van der Waals surface area (Å²) in [5.41, 5.74) is 1.18. The van der Waals surface area contributed by atoms with E-state index in [-0.39, 0.29) is 29.9 Å². The SMILES string of the molecule is CCNC(=NCCC(=O)N(C)C)NCCc1cccc(Cl)c1.I. The molecular formula is C16H26ClIN4O. The molecule has 0 aliphatic carbocycles. The molecule has 0 heterocycles. The Morgan fingerprint density at radius 2 is 2.04 bits per heavy atom. The zero-order valence-electron chi connectivity index (χ0n) is 13.9. The monoisotopic (exact) mass is 452 g/mol. The molecule has 0 saturated carbocycles. The van der Waals surface area contributed by atoms with E-state index < -0.39 is 0 Å². The molecular weight excluding hydrogens is 427 g/mol. The Balaban J connectivity index is 0.00000484. The van der Waals surface area contributed by atoms with Gasteiger partial charge < -0.3 is 15.5 Å². The Labute approximate surface area is 160 Å². The van der Waals surface area contributed by atoms with Crippen LogP contribution >= 0.6 is 35.6 Å². The first-order valence-corrected chi connectivity index (χ1v) is 7.87. The van der Waals surface area contributed by atoms with Crippen molar-refractivity contribution >= 4 is 47.4 Å². The minimum atomic E-state index is 0. The molecule has 1 amide bonds. The van der Waals surface area contributed by atoms with Gasteiger partial charge >= 0.3 is 0 Å². The summed E-state index contributed by atoms with van der Waals surface area (Å²) in [5, 5.41) is 7.18. The Morgan fingerprint density at radius 1 is 1.30 bits per heavy atom. The molecule has 23 heavy (non-hydrogen) atoms. The minimum Gasteiger partial charge on any atom is -0.357 e. The number of nitrogens with one attached hydrogen (secondary N) is 2. The number of rotatable bonds is 7. The molecule has 0 radical (unpaired) electrons. The lowest BCUT2D eigenvalue weighted by Gasteiger charge is -2.12. The van der Waals surface area contributed by atoms with Gasteiger partial charge in [0.25, 0.3) is 0 Å². The van der Waals surface area contributed by atoms with Gasteiger partial charge in [0.15, 0.2) is 5.96 Å². The van der Waals surface area contributed by atoms with Gasteiger partial charge in [0.05, 0.1) is 6.54 Å². The van der Waals surface area contributed by atoms with Crippen LogP contribution in [0.1, 0.15) is 18.9 Å². The van der Waals surface area contributed by atoms with Crippen molar-refractivity contribution in [1.29, 1.82) is 0 Å². The normalized spacial score (nSPS) is 10.7. The molecule has 0 aromatic heterocycles. The number of hydrogen-bond acceptors (Lipinski definition) is 2. The molecule has 0 aliphatic heterocycles. The maximum atomic E-state index is 11.5. The van der Waals surface area contributed by atoms with E-state index in [1.165, 1.54) is 5.56 Å². The zero-order chi connectivity index (χ0) is 16.4. The molecule has 0 bridgehead atoms. The van der Waals surface area contributed by atoms with Crippen LogP contribution in [0.3, 0.4) is 0 Å². The van der Waals surface area contributed by atoms with Gasteiger partial charge in [0, 0.05) is 38.6 Å². The highest BCUT2D eigenvalue weighted by Crippen LogP contribution is 2.10. The van der Waals surface area contributed by atoms with Crippen LogP contribution in [0, 0.1) is 0 Å². The van der Waals surface area contributed by atoms with Crippen molar-refractivity contribution in [2.45, 2.75) is 19.8 Å². The lowest BCUT2D eigenvalue weighted by molar-refractivity contribution is -0.128. The van der Waals surface area contributed by atoms with Gasteiger partial charge in [-0.2, -0.15) is 0 Å². The second-order valence-corrected chi connectivity index (χ2v) is 5.54. The standard InChI is InChI=1S/C16H25ClN4O.HI/c1-4-18-16(20-11-9-15(22)21(2)3)19-10-8-13-6-5-7-14(17)12-13;/h5-7,12H,4,8-11H2,1-3H3,(H2,18,19,20);1H. The van der Waals surface area contributed by atoms with E-state index in [1.54, 1.807) is 19.0 Å². The van der Waals surface area contributed by atoms with Gasteiger partial charge in [0.1, 0.15) is 0 Å². The Hall–Kier alpha value is -1.02. The average molecular weight is 453 g/mol. The summed E-state index contributed by atoms with van der Waals surface area (Å²) >= 11 is 5.97. The number of guanidine groups is 1. The van der Waals surface area contributed by atoms with Gasteiger partial charge in [0.2, 0.25) is 5.91 Å². The molecule has 0 spiro atoms. The van der Waals surface area contributed by atoms with E-state index in [4.69, 9.17) is 11.6 Å². The molecule has 5 nitrogen and oxygen atoms in total. The second kappa shape index (κ2) is 12.4. The number of carbonyl (C=O) groups excluding carboxylic acids is 1. The fourth-order valence-electron chi connectivity index (χ4n) is 1.85. The van der Waals surface area contributed by atoms with Gasteiger partial charge in [-0.15, -0.1) is 24.0 Å². The Bertz CT molecular complexity index is 509. The highest BCUT2D eigenvalue weighted by Gasteiger charge is 2.03. The molecule has 7 heteroatoms. The maximum Gasteiger partial charge on any atom is 0.223 e. The van der Waals surface area contributed by atoms with Crippen molar-refractivity contribution in [3.8, 4) is 0 Å². The van der Waals surface area contributed by atoms with Crippen LogP contribution in [0.4, 0.5) is 0 Å². The molecule has 1 rings (SSSR count). The summed E-state index contributed by atoms with van der Waals surface area (Å²) in [6, 6.07) is 7.83. The van der Waals surface area contributed by atoms with Crippen LogP contribution in [0.25, 0.3) is 0 Å². The number of benzene rings is 1. The summed E-state index contributed by atoms with van der Waals surface area (Å²) in [5.74, 6) is 0.814. The third-order valence-corrected chi connectivity index (χ3v) is 3.27. The number of hydrogen-bond donors (Lipinski definition) is 2. The van der Waals surface area contributed by atoms with Gasteiger partial charge in [-0.1, -0.05) is 23.7 Å². The number of nitrogens with zero attached hydrogens (tertiary/aromatic N) is 2. The van der Waals surface area contributed by atoms with Gasteiger partial charge in [-0.3, -0.25) is 9.79 Å². The third kappa shape index (κ3) is 9.65. The number of aliphatic imine (C=N–C) groups is 1. The highest BCUT2D eigenvalue weighted by atomic mass is 127.